The van der Waals surface area contributed by atoms with Gasteiger partial charge in [-0.25, -0.2) is 9.59 Å². The van der Waals surface area contributed by atoms with E-state index in [0.717, 1.165) is 0 Å². The molecule has 9 heteroatoms. The van der Waals surface area contributed by atoms with Crippen molar-refractivity contribution in [3.05, 3.63) is 0 Å². The number of nitriles is 1. The number of carbonyl (C=O) groups is 2. The van der Waals surface area contributed by atoms with Crippen LogP contribution < -0.4 is 0 Å². The molecule has 1 fully saturated rings. The smallest absolute Gasteiger partial charge is 0.426 e. The SMILES string of the molecule is CCOC(=O)N1[C@H](C#N)[C@@]1(C(=O)OCC)C(F)(F)F. The Bertz CT molecular complexity index is 431. The quantitative estimate of drug-likeness (QED) is 0.573. The summed E-state index contributed by atoms with van der Waals surface area (Å²) in [6.45, 7) is 2.23. The molecule has 1 amide bonds. The van der Waals surface area contributed by atoms with Crippen molar-refractivity contribution in [1.29, 1.82) is 5.26 Å². The summed E-state index contributed by atoms with van der Waals surface area (Å²) < 4.78 is 47.9. The Morgan fingerprint density at radius 3 is 2.21 bits per heavy atom. The highest BCUT2D eigenvalue weighted by molar-refractivity contribution is 5.95. The minimum absolute atomic E-state index is 0.0501. The van der Waals surface area contributed by atoms with Gasteiger partial charge in [0.2, 0.25) is 0 Å². The van der Waals surface area contributed by atoms with Crippen LogP contribution in [0, 0.1) is 11.3 Å². The van der Waals surface area contributed by atoms with Crippen molar-refractivity contribution in [3.63, 3.8) is 0 Å². The predicted molar refractivity (Wildman–Crippen MR) is 53.7 cm³/mol. The molecule has 0 aliphatic carbocycles. The molecule has 0 aromatic heterocycles. The second-order valence-electron chi connectivity index (χ2n) is 3.59. The van der Waals surface area contributed by atoms with E-state index >= 15 is 0 Å². The summed E-state index contributed by atoms with van der Waals surface area (Å²) in [5, 5.41) is 8.70. The normalized spacial score (nSPS) is 25.5. The van der Waals surface area contributed by atoms with Crippen LogP contribution in [0.5, 0.6) is 0 Å². The van der Waals surface area contributed by atoms with Crippen LogP contribution in [0.2, 0.25) is 0 Å². The van der Waals surface area contributed by atoms with Gasteiger partial charge in [-0.2, -0.15) is 18.4 Å². The van der Waals surface area contributed by atoms with E-state index in [1.807, 2.05) is 0 Å². The van der Waals surface area contributed by atoms with Gasteiger partial charge in [0.25, 0.3) is 5.54 Å². The zero-order valence-corrected chi connectivity index (χ0v) is 10.2. The number of amides is 1. The summed E-state index contributed by atoms with van der Waals surface area (Å²) >= 11 is 0. The lowest BCUT2D eigenvalue weighted by Crippen LogP contribution is -2.47. The van der Waals surface area contributed by atoms with Gasteiger partial charge >= 0.3 is 18.2 Å². The number of hydrogen-bond acceptors (Lipinski definition) is 5. The van der Waals surface area contributed by atoms with Gasteiger partial charge in [-0.1, -0.05) is 0 Å². The number of carbonyl (C=O) groups excluding carboxylic acids is 2. The summed E-state index contributed by atoms with van der Waals surface area (Å²) in [5.41, 5.74) is -3.26. The van der Waals surface area contributed by atoms with Crippen molar-refractivity contribution >= 4 is 12.1 Å². The molecule has 1 heterocycles. The fraction of sp³-hybridized carbons (Fsp3) is 0.700. The molecule has 0 radical (unpaired) electrons. The second kappa shape index (κ2) is 4.95. The predicted octanol–water partition coefficient (Wildman–Crippen LogP) is 1.21. The van der Waals surface area contributed by atoms with Gasteiger partial charge in [0.05, 0.1) is 19.3 Å². The third-order valence-electron chi connectivity index (χ3n) is 2.57. The van der Waals surface area contributed by atoms with Crippen LogP contribution in [0.3, 0.4) is 0 Å². The Morgan fingerprint density at radius 2 is 1.84 bits per heavy atom. The van der Waals surface area contributed by atoms with Crippen LogP contribution in [0.4, 0.5) is 18.0 Å². The van der Waals surface area contributed by atoms with E-state index in [-0.39, 0.29) is 18.1 Å². The Hall–Kier alpha value is -1.98. The maximum atomic E-state index is 13.1. The van der Waals surface area contributed by atoms with Crippen molar-refractivity contribution in [2.45, 2.75) is 31.6 Å². The molecule has 2 atom stereocenters. The van der Waals surface area contributed by atoms with Gasteiger partial charge in [-0.05, 0) is 13.8 Å². The summed E-state index contributed by atoms with van der Waals surface area (Å²) in [6, 6.07) is -0.698. The Morgan fingerprint density at radius 1 is 1.32 bits per heavy atom. The monoisotopic (exact) mass is 280 g/mol. The second-order valence-corrected chi connectivity index (χ2v) is 3.59. The lowest BCUT2D eigenvalue weighted by molar-refractivity contribution is -0.193. The first-order chi connectivity index (χ1) is 8.78. The van der Waals surface area contributed by atoms with Gasteiger partial charge < -0.3 is 9.47 Å². The van der Waals surface area contributed by atoms with Gasteiger partial charge in [-0.3, -0.25) is 4.90 Å². The van der Waals surface area contributed by atoms with E-state index in [1.54, 1.807) is 0 Å². The molecule has 0 unspecified atom stereocenters. The number of halogens is 3. The molecule has 0 aromatic rings. The summed E-state index contributed by atoms with van der Waals surface area (Å²) in [7, 11) is 0. The number of ether oxygens (including phenoxy) is 2. The van der Waals surface area contributed by atoms with E-state index in [0.29, 0.717) is 0 Å². The van der Waals surface area contributed by atoms with Gasteiger partial charge in [0.15, 0.2) is 6.04 Å². The zero-order valence-electron chi connectivity index (χ0n) is 10.2. The van der Waals surface area contributed by atoms with E-state index in [4.69, 9.17) is 5.26 Å². The first-order valence-electron chi connectivity index (χ1n) is 5.38. The maximum Gasteiger partial charge on any atom is 0.426 e. The lowest BCUT2D eigenvalue weighted by atomic mass is 10.1. The van der Waals surface area contributed by atoms with Crippen LogP contribution in [0.1, 0.15) is 13.8 Å². The summed E-state index contributed by atoms with van der Waals surface area (Å²) in [5.74, 6) is -1.68. The van der Waals surface area contributed by atoms with Crippen LogP contribution in [-0.4, -0.2) is 47.9 Å². The third kappa shape index (κ3) is 2.07. The molecule has 1 rings (SSSR count). The molecular weight excluding hydrogens is 269 g/mol. The number of nitrogens with zero attached hydrogens (tertiary/aromatic N) is 2. The van der Waals surface area contributed by atoms with Crippen molar-refractivity contribution in [2.75, 3.05) is 13.2 Å². The Labute approximate surface area is 106 Å². The average molecular weight is 280 g/mol. The number of esters is 1. The minimum Gasteiger partial charge on any atom is -0.464 e. The topological polar surface area (TPSA) is 79.4 Å². The average Bonchev–Trinajstić information content (AvgIpc) is 2.99. The molecule has 1 aliphatic rings. The first kappa shape index (κ1) is 15.1. The number of hydrogen-bond donors (Lipinski definition) is 0. The molecule has 0 bridgehead atoms. The van der Waals surface area contributed by atoms with E-state index in [1.165, 1.54) is 19.9 Å². The van der Waals surface area contributed by atoms with Crippen LogP contribution in [0.15, 0.2) is 0 Å². The Kier molecular flexibility index (Phi) is 3.93. The van der Waals surface area contributed by atoms with E-state index in [2.05, 4.69) is 9.47 Å². The minimum atomic E-state index is -5.12. The van der Waals surface area contributed by atoms with Crippen molar-refractivity contribution in [2.24, 2.45) is 0 Å². The van der Waals surface area contributed by atoms with Gasteiger partial charge in [0, 0.05) is 0 Å². The van der Waals surface area contributed by atoms with Crippen LogP contribution in [-0.2, 0) is 14.3 Å². The molecule has 0 aromatic carbocycles. The van der Waals surface area contributed by atoms with Crippen molar-refractivity contribution in [1.82, 2.24) is 4.90 Å². The summed E-state index contributed by atoms with van der Waals surface area (Å²) in [6.07, 6.45) is -6.49. The molecule has 0 spiro atoms. The number of alkyl halides is 3. The molecular formula is C10H11F3N2O4. The maximum absolute atomic E-state index is 13.1. The molecule has 19 heavy (non-hydrogen) atoms. The molecule has 1 saturated heterocycles. The Balaban J connectivity index is 3.17. The van der Waals surface area contributed by atoms with E-state index in [9.17, 15) is 22.8 Å². The lowest BCUT2D eigenvalue weighted by Gasteiger charge is -2.18. The molecule has 106 valence electrons. The highest BCUT2D eigenvalue weighted by Gasteiger charge is 2.86. The third-order valence-corrected chi connectivity index (χ3v) is 2.57. The molecule has 1 aliphatic heterocycles. The van der Waals surface area contributed by atoms with Gasteiger partial charge in [0.1, 0.15) is 0 Å². The van der Waals surface area contributed by atoms with Crippen molar-refractivity contribution < 1.29 is 32.2 Å². The largest absolute Gasteiger partial charge is 0.464 e. The molecule has 6 nitrogen and oxygen atoms in total. The molecule has 0 N–H and O–H groups in total. The summed E-state index contributed by atoms with van der Waals surface area (Å²) in [4.78, 5) is 23.0. The fourth-order valence-electron chi connectivity index (χ4n) is 1.74. The van der Waals surface area contributed by atoms with E-state index < -0.39 is 29.8 Å². The van der Waals surface area contributed by atoms with Crippen LogP contribution in [0.25, 0.3) is 0 Å². The first-order valence-corrected chi connectivity index (χ1v) is 5.38. The molecule has 0 saturated carbocycles. The highest BCUT2D eigenvalue weighted by Crippen LogP contribution is 2.53. The zero-order chi connectivity index (χ0) is 14.8. The van der Waals surface area contributed by atoms with Crippen LogP contribution >= 0.6 is 0 Å². The number of rotatable bonds is 3. The van der Waals surface area contributed by atoms with Crippen molar-refractivity contribution in [3.8, 4) is 6.07 Å². The standard InChI is InChI=1S/C10H11F3N2O4/c1-3-18-7(16)9(10(11,12)13)6(5-14)15(9)8(17)19-4-2/h6H,3-4H2,1-2H3/t6-,9-,15?/m1/s1. The fourth-order valence-corrected chi connectivity index (χ4v) is 1.74. The highest BCUT2D eigenvalue weighted by atomic mass is 19.4. The van der Waals surface area contributed by atoms with Gasteiger partial charge in [-0.15, -0.1) is 0 Å².